The number of urea groups is 1. The minimum absolute atomic E-state index is 0.255. The van der Waals surface area contributed by atoms with Crippen LogP contribution in [0, 0.1) is 29.1 Å². The van der Waals surface area contributed by atoms with Crippen LogP contribution in [0.1, 0.15) is 12.6 Å². The molecule has 3 aromatic rings. The number of hydrogen-bond donors (Lipinski definition) is 1. The van der Waals surface area contributed by atoms with Crippen LogP contribution in [-0.2, 0) is 16.6 Å². The summed E-state index contributed by atoms with van der Waals surface area (Å²) < 4.78 is 132. The van der Waals surface area contributed by atoms with Gasteiger partial charge in [0.05, 0.1) is 23.2 Å². The van der Waals surface area contributed by atoms with Crippen LogP contribution in [-0.4, -0.2) is 66.3 Å². The van der Waals surface area contributed by atoms with Crippen molar-refractivity contribution in [1.82, 2.24) is 19.7 Å². The van der Waals surface area contributed by atoms with Crippen molar-refractivity contribution in [3.63, 3.8) is 0 Å². The normalized spacial score (nSPS) is 21.1. The summed E-state index contributed by atoms with van der Waals surface area (Å²) in [6.45, 7) is -0.590. The van der Waals surface area contributed by atoms with Gasteiger partial charge in [0.25, 0.3) is 5.92 Å². The van der Waals surface area contributed by atoms with Crippen molar-refractivity contribution in [2.45, 2.75) is 31.5 Å². The molecular formula is C22H17F7N4O4S. The molecule has 0 saturated carbocycles. The van der Waals surface area contributed by atoms with Crippen molar-refractivity contribution in [2.24, 2.45) is 0 Å². The summed E-state index contributed by atoms with van der Waals surface area (Å²) in [5.74, 6) is -11.8. The number of sulfonamides is 1. The number of alkyl halides is 2. The fraction of sp³-hybridized carbons (Fsp3) is 0.364. The van der Waals surface area contributed by atoms with E-state index in [0.29, 0.717) is 6.07 Å². The summed E-state index contributed by atoms with van der Waals surface area (Å²) >= 11 is 0. The van der Waals surface area contributed by atoms with Gasteiger partial charge >= 0.3 is 6.03 Å². The first-order valence-corrected chi connectivity index (χ1v) is 12.7. The first kappa shape index (κ1) is 26.2. The molecular weight excluding hydrogens is 549 g/mol. The van der Waals surface area contributed by atoms with Gasteiger partial charge in [-0.3, -0.25) is 0 Å². The van der Waals surface area contributed by atoms with Gasteiger partial charge in [-0.15, -0.1) is 0 Å². The molecule has 2 saturated heterocycles. The van der Waals surface area contributed by atoms with Crippen molar-refractivity contribution in [2.75, 3.05) is 18.8 Å². The first-order valence-electron chi connectivity index (χ1n) is 11.1. The Hall–Kier alpha value is -3.40. The second-order valence-corrected chi connectivity index (χ2v) is 10.9. The molecule has 0 aliphatic carbocycles. The lowest BCUT2D eigenvalue weighted by atomic mass is 9.97. The van der Waals surface area contributed by atoms with E-state index in [9.17, 15) is 35.2 Å². The fourth-order valence-corrected chi connectivity index (χ4v) is 5.58. The molecule has 16 heteroatoms. The summed E-state index contributed by atoms with van der Waals surface area (Å²) in [7, 11) is -4.00. The number of halogens is 7. The quantitative estimate of drug-likeness (QED) is 0.459. The van der Waals surface area contributed by atoms with E-state index < -0.39 is 111 Å². The van der Waals surface area contributed by atoms with Gasteiger partial charge in [-0.05, 0) is 6.92 Å². The summed E-state index contributed by atoms with van der Waals surface area (Å²) in [6, 6.07) is -3.46. The molecule has 2 amide bonds. The Bertz CT molecular complexity index is 1560. The van der Waals surface area contributed by atoms with Gasteiger partial charge in [0.15, 0.2) is 17.2 Å². The van der Waals surface area contributed by atoms with Gasteiger partial charge in [0.2, 0.25) is 10.0 Å². The number of aromatic nitrogens is 1. The number of benzene rings is 2. The highest BCUT2D eigenvalue weighted by Gasteiger charge is 2.62. The number of amides is 2. The molecule has 5 rings (SSSR count). The highest BCUT2D eigenvalue weighted by atomic mass is 32.2. The average molecular weight is 566 g/mol. The third kappa shape index (κ3) is 4.05. The minimum atomic E-state index is -4.00. The molecule has 0 radical (unpaired) electrons. The molecule has 1 aromatic heterocycles. The van der Waals surface area contributed by atoms with Crippen LogP contribution in [0.5, 0.6) is 0 Å². The molecule has 3 heterocycles. The van der Waals surface area contributed by atoms with Gasteiger partial charge in [-0.1, -0.05) is 5.16 Å². The maximum Gasteiger partial charge on any atom is 0.321 e. The third-order valence-corrected chi connectivity index (χ3v) is 8.00. The second-order valence-electron chi connectivity index (χ2n) is 8.87. The smallest absolute Gasteiger partial charge is 0.321 e. The van der Waals surface area contributed by atoms with Gasteiger partial charge in [0, 0.05) is 36.9 Å². The van der Waals surface area contributed by atoms with E-state index in [2.05, 4.69) is 5.16 Å². The molecule has 0 spiro atoms. The molecule has 0 unspecified atom stereocenters. The van der Waals surface area contributed by atoms with E-state index in [-0.39, 0.29) is 17.8 Å². The lowest BCUT2D eigenvalue weighted by Crippen LogP contribution is -2.51. The number of nitrogens with zero attached hydrogens (tertiary/aromatic N) is 3. The topological polar surface area (TPSA) is 95.8 Å². The Morgan fingerprint density at radius 2 is 1.71 bits per heavy atom. The van der Waals surface area contributed by atoms with E-state index in [4.69, 9.17) is 4.52 Å². The Morgan fingerprint density at radius 1 is 1.05 bits per heavy atom. The standard InChI is InChI=1S/C22H17F7N4O4S/c1-2-38(35,36)31-15-7-33-16(22(15,28)29)8-32(21(33)34)6-13-18-14(37-30-13)5-12(26)20(27)19(18)17-10(24)3-9(23)4-11(17)25/h3-5,15-16,31H,2,6-8H2,1H3/t15-,16-/m1/s1. The van der Waals surface area contributed by atoms with Gasteiger partial charge in [-0.25, -0.2) is 48.7 Å². The van der Waals surface area contributed by atoms with Crippen molar-refractivity contribution >= 4 is 27.0 Å². The number of hydrogen-bond acceptors (Lipinski definition) is 5. The number of fused-ring (bicyclic) bond motifs is 2. The lowest BCUT2D eigenvalue weighted by Gasteiger charge is -2.24. The Balaban J connectivity index is 1.51. The minimum Gasteiger partial charge on any atom is -0.356 e. The zero-order valence-corrected chi connectivity index (χ0v) is 20.1. The molecule has 8 nitrogen and oxygen atoms in total. The van der Waals surface area contributed by atoms with Gasteiger partial charge in [0.1, 0.15) is 35.2 Å². The van der Waals surface area contributed by atoms with Crippen molar-refractivity contribution in [3.05, 3.63) is 53.0 Å². The molecule has 2 aliphatic rings. The van der Waals surface area contributed by atoms with Crippen LogP contribution in [0.15, 0.2) is 22.7 Å². The highest BCUT2D eigenvalue weighted by Crippen LogP contribution is 2.42. The number of carbonyl (C=O) groups is 1. The second kappa shape index (κ2) is 8.83. The number of rotatable bonds is 6. The van der Waals surface area contributed by atoms with Crippen LogP contribution in [0.4, 0.5) is 35.5 Å². The summed E-state index contributed by atoms with van der Waals surface area (Å²) in [6.07, 6.45) is 0. The first-order chi connectivity index (χ1) is 17.7. The summed E-state index contributed by atoms with van der Waals surface area (Å²) in [4.78, 5) is 14.6. The van der Waals surface area contributed by atoms with Crippen LogP contribution in [0.2, 0.25) is 0 Å². The zero-order chi connectivity index (χ0) is 27.7. The SMILES string of the molecule is CCS(=O)(=O)N[C@@H]1CN2C(=O)N(Cc3noc4cc(F)c(F)c(-c5c(F)cc(F)cc5F)c34)C[C@@H]2C1(F)F. The van der Waals surface area contributed by atoms with Crippen LogP contribution in [0.3, 0.4) is 0 Å². The third-order valence-electron chi connectivity index (χ3n) is 6.60. The zero-order valence-electron chi connectivity index (χ0n) is 19.2. The maximum atomic E-state index is 15.0. The average Bonchev–Trinajstić information content (AvgIpc) is 3.43. The monoisotopic (exact) mass is 566 g/mol. The fourth-order valence-electron chi connectivity index (χ4n) is 4.75. The lowest BCUT2D eigenvalue weighted by molar-refractivity contribution is -0.0359. The van der Waals surface area contributed by atoms with Crippen molar-refractivity contribution < 1.29 is 48.5 Å². The molecule has 38 heavy (non-hydrogen) atoms. The van der Waals surface area contributed by atoms with Gasteiger partial charge < -0.3 is 14.3 Å². The van der Waals surface area contributed by atoms with Gasteiger partial charge in [-0.2, -0.15) is 0 Å². The largest absolute Gasteiger partial charge is 0.356 e. The molecule has 1 N–H and O–H groups in total. The van der Waals surface area contributed by atoms with Crippen LogP contribution in [0.25, 0.3) is 22.1 Å². The molecule has 204 valence electrons. The molecule has 2 atom stereocenters. The predicted molar refractivity (Wildman–Crippen MR) is 117 cm³/mol. The van der Waals surface area contributed by atoms with E-state index in [1.54, 1.807) is 0 Å². The van der Waals surface area contributed by atoms with E-state index in [1.165, 1.54) is 6.92 Å². The molecule has 2 fully saturated rings. The van der Waals surface area contributed by atoms with Crippen molar-refractivity contribution in [3.8, 4) is 11.1 Å². The van der Waals surface area contributed by atoms with Crippen molar-refractivity contribution in [1.29, 1.82) is 0 Å². The Kier molecular flexibility index (Phi) is 6.09. The molecule has 0 bridgehead atoms. The Morgan fingerprint density at radius 3 is 2.32 bits per heavy atom. The molecule has 2 aromatic carbocycles. The predicted octanol–water partition coefficient (Wildman–Crippen LogP) is 3.75. The number of carbonyl (C=O) groups excluding carboxylic acids is 1. The molecule has 2 aliphatic heterocycles. The van der Waals surface area contributed by atoms with E-state index >= 15 is 8.78 Å². The van der Waals surface area contributed by atoms with Crippen LogP contribution < -0.4 is 4.72 Å². The van der Waals surface area contributed by atoms with E-state index in [1.807, 2.05) is 4.72 Å². The van der Waals surface area contributed by atoms with Crippen LogP contribution >= 0.6 is 0 Å². The maximum absolute atomic E-state index is 15.0. The summed E-state index contributed by atoms with van der Waals surface area (Å²) in [5, 5.41) is 3.17. The Labute approximate surface area is 210 Å². The number of nitrogens with one attached hydrogen (secondary N) is 1. The van der Waals surface area contributed by atoms with E-state index in [0.717, 1.165) is 9.80 Å². The summed E-state index contributed by atoms with van der Waals surface area (Å²) in [5.41, 5.74) is -2.91. The highest BCUT2D eigenvalue weighted by molar-refractivity contribution is 7.89.